The van der Waals surface area contributed by atoms with E-state index in [0.29, 0.717) is 28.1 Å². The van der Waals surface area contributed by atoms with E-state index in [2.05, 4.69) is 6.92 Å². The van der Waals surface area contributed by atoms with Gasteiger partial charge in [0, 0.05) is 17.3 Å². The number of benzene rings is 2. The van der Waals surface area contributed by atoms with Crippen molar-refractivity contribution in [2.24, 2.45) is 0 Å². The molecule has 3 heterocycles. The summed E-state index contributed by atoms with van der Waals surface area (Å²) in [5.74, 6) is 1.39. The fourth-order valence-corrected chi connectivity index (χ4v) is 5.44. The Bertz CT molecular complexity index is 1410. The number of amides is 1. The molecule has 0 saturated carbocycles. The van der Waals surface area contributed by atoms with E-state index >= 15 is 0 Å². The largest absolute Gasteiger partial charge is 0.494 e. The molecule has 1 aliphatic rings. The molecular weight excluding hydrogens is 514 g/mol. The molecule has 0 bridgehead atoms. The molecule has 0 radical (unpaired) electrons. The molecule has 0 spiro atoms. The average Bonchev–Trinajstić information content (AvgIpc) is 3.67. The minimum atomic E-state index is -0.137. The number of hydrogen-bond acceptors (Lipinski definition) is 6. The van der Waals surface area contributed by atoms with Crippen molar-refractivity contribution in [2.45, 2.75) is 39.2 Å². The van der Waals surface area contributed by atoms with Gasteiger partial charge < -0.3 is 9.15 Å². The van der Waals surface area contributed by atoms with Crippen LogP contribution >= 0.6 is 24.0 Å². The molecule has 2 aromatic carbocycles. The number of thioether (sulfide) groups is 1. The van der Waals surface area contributed by atoms with E-state index in [1.165, 1.54) is 31.0 Å². The fraction of sp³-hybridized carbons (Fsp3) is 0.233. The summed E-state index contributed by atoms with van der Waals surface area (Å²) in [6.07, 6.45) is 10.1. The van der Waals surface area contributed by atoms with E-state index in [0.717, 1.165) is 34.7 Å². The Labute approximate surface area is 232 Å². The number of aromatic nitrogens is 2. The second-order valence-electron chi connectivity index (χ2n) is 8.99. The number of carbonyl (C=O) groups excluding carboxylic acids is 1. The highest BCUT2D eigenvalue weighted by Gasteiger charge is 2.33. The Hall–Kier alpha value is -3.62. The summed E-state index contributed by atoms with van der Waals surface area (Å²) in [5.41, 5.74) is 3.49. The number of rotatable bonds is 11. The first-order valence-corrected chi connectivity index (χ1v) is 14.0. The van der Waals surface area contributed by atoms with Crippen LogP contribution in [0.3, 0.4) is 0 Å². The lowest BCUT2D eigenvalue weighted by Gasteiger charge is -2.11. The highest BCUT2D eigenvalue weighted by molar-refractivity contribution is 8.26. The summed E-state index contributed by atoms with van der Waals surface area (Å²) >= 11 is 6.81. The molecule has 5 rings (SSSR count). The maximum atomic E-state index is 13.2. The number of hydrogen-bond donors (Lipinski definition) is 0. The standard InChI is InChI=1S/C30H29N3O3S2/c1-2-3-4-8-17-35-25-15-13-22(14-16-25)28-23(20-33(31-28)24-10-6-5-7-11-24)19-27-29(34)32(30(37)38-27)21-26-12-9-18-36-26/h5-7,9-16,18-20H,2-4,8,17,21H2,1H3/b27-19+. The van der Waals surface area contributed by atoms with Crippen LogP contribution in [0.1, 0.15) is 43.9 Å². The van der Waals surface area contributed by atoms with E-state index in [4.69, 9.17) is 26.5 Å². The van der Waals surface area contributed by atoms with Gasteiger partial charge in [-0.3, -0.25) is 9.69 Å². The number of para-hydroxylation sites is 1. The molecule has 1 saturated heterocycles. The number of carbonyl (C=O) groups is 1. The van der Waals surface area contributed by atoms with E-state index in [1.54, 1.807) is 17.2 Å². The smallest absolute Gasteiger partial charge is 0.266 e. The summed E-state index contributed by atoms with van der Waals surface area (Å²) in [7, 11) is 0. The van der Waals surface area contributed by atoms with Gasteiger partial charge in [-0.05, 0) is 61.0 Å². The summed E-state index contributed by atoms with van der Waals surface area (Å²) in [5, 5.41) is 4.89. The van der Waals surface area contributed by atoms with Crippen LogP contribution in [0, 0.1) is 0 Å². The lowest BCUT2D eigenvalue weighted by molar-refractivity contribution is -0.122. The topological polar surface area (TPSA) is 60.5 Å². The maximum absolute atomic E-state index is 13.2. The van der Waals surface area contributed by atoms with Gasteiger partial charge in [-0.15, -0.1) is 0 Å². The van der Waals surface area contributed by atoms with Gasteiger partial charge in [0.05, 0.1) is 35.7 Å². The molecule has 1 fully saturated rings. The second-order valence-corrected chi connectivity index (χ2v) is 10.7. The van der Waals surface area contributed by atoms with Gasteiger partial charge in [0.1, 0.15) is 15.8 Å². The summed E-state index contributed by atoms with van der Waals surface area (Å²) < 4.78 is 13.7. The van der Waals surface area contributed by atoms with Gasteiger partial charge in [0.15, 0.2) is 0 Å². The Morgan fingerprint density at radius 3 is 2.58 bits per heavy atom. The van der Waals surface area contributed by atoms with Crippen molar-refractivity contribution in [1.29, 1.82) is 0 Å². The molecule has 4 aromatic rings. The summed E-state index contributed by atoms with van der Waals surface area (Å²) in [4.78, 5) is 15.4. The van der Waals surface area contributed by atoms with Crippen molar-refractivity contribution >= 4 is 40.3 Å². The van der Waals surface area contributed by atoms with Crippen LogP contribution in [0.5, 0.6) is 5.75 Å². The number of thiocarbonyl (C=S) groups is 1. The first-order chi connectivity index (χ1) is 18.6. The van der Waals surface area contributed by atoms with Crippen LogP contribution in [0.25, 0.3) is 23.0 Å². The Morgan fingerprint density at radius 1 is 1.03 bits per heavy atom. The Morgan fingerprint density at radius 2 is 1.84 bits per heavy atom. The first-order valence-electron chi connectivity index (χ1n) is 12.8. The Balaban J connectivity index is 1.41. The van der Waals surface area contributed by atoms with Crippen molar-refractivity contribution < 1.29 is 13.9 Å². The normalized spacial score (nSPS) is 14.6. The summed E-state index contributed by atoms with van der Waals surface area (Å²) in [6, 6.07) is 21.5. The van der Waals surface area contributed by atoms with Crippen LogP contribution in [0.2, 0.25) is 0 Å². The van der Waals surface area contributed by atoms with E-state index in [-0.39, 0.29) is 5.91 Å². The van der Waals surface area contributed by atoms with Crippen molar-refractivity contribution in [3.8, 4) is 22.7 Å². The van der Waals surface area contributed by atoms with Gasteiger partial charge >= 0.3 is 0 Å². The molecule has 6 nitrogen and oxygen atoms in total. The SMILES string of the molecule is CCCCCCOc1ccc(-c2nn(-c3ccccc3)cc2/C=C2/SC(=S)N(Cc3ccco3)C2=O)cc1. The molecule has 0 aliphatic carbocycles. The monoisotopic (exact) mass is 543 g/mol. The van der Waals surface area contributed by atoms with Crippen LogP contribution in [-0.4, -0.2) is 31.5 Å². The molecule has 2 aromatic heterocycles. The number of nitrogens with zero attached hydrogens (tertiary/aromatic N) is 3. The van der Waals surface area contributed by atoms with Crippen molar-refractivity contribution in [2.75, 3.05) is 6.61 Å². The second kappa shape index (κ2) is 12.3. The average molecular weight is 544 g/mol. The van der Waals surface area contributed by atoms with E-state index in [9.17, 15) is 4.79 Å². The van der Waals surface area contributed by atoms with Crippen molar-refractivity contribution in [3.63, 3.8) is 0 Å². The minimum absolute atomic E-state index is 0.137. The molecule has 0 N–H and O–H groups in total. The van der Waals surface area contributed by atoms with Gasteiger partial charge in [-0.25, -0.2) is 4.68 Å². The zero-order valence-electron chi connectivity index (χ0n) is 21.2. The number of ether oxygens (including phenoxy) is 1. The van der Waals surface area contributed by atoms with Crippen LogP contribution in [-0.2, 0) is 11.3 Å². The number of unbranched alkanes of at least 4 members (excludes halogenated alkanes) is 3. The van der Waals surface area contributed by atoms with Gasteiger partial charge in [-0.2, -0.15) is 5.10 Å². The molecule has 38 heavy (non-hydrogen) atoms. The molecule has 194 valence electrons. The molecule has 1 aliphatic heterocycles. The van der Waals surface area contributed by atoms with Crippen LogP contribution in [0.4, 0.5) is 0 Å². The predicted molar refractivity (Wildman–Crippen MR) is 156 cm³/mol. The van der Waals surface area contributed by atoms with E-state index in [1.807, 2.05) is 77.6 Å². The third kappa shape index (κ3) is 6.09. The Kier molecular flexibility index (Phi) is 8.41. The lowest BCUT2D eigenvalue weighted by atomic mass is 10.1. The molecule has 0 atom stereocenters. The van der Waals surface area contributed by atoms with Crippen LogP contribution < -0.4 is 4.74 Å². The van der Waals surface area contributed by atoms with Crippen molar-refractivity contribution in [1.82, 2.24) is 14.7 Å². The maximum Gasteiger partial charge on any atom is 0.266 e. The van der Waals surface area contributed by atoms with Gasteiger partial charge in [0.2, 0.25) is 0 Å². The third-order valence-electron chi connectivity index (χ3n) is 6.21. The molecule has 1 amide bonds. The van der Waals surface area contributed by atoms with Crippen molar-refractivity contribution in [3.05, 3.63) is 95.4 Å². The zero-order valence-corrected chi connectivity index (χ0v) is 22.8. The molecular formula is C30H29N3O3S2. The highest BCUT2D eigenvalue weighted by atomic mass is 32.2. The minimum Gasteiger partial charge on any atom is -0.494 e. The molecule has 8 heteroatoms. The summed E-state index contributed by atoms with van der Waals surface area (Å²) in [6.45, 7) is 3.23. The quantitative estimate of drug-likeness (QED) is 0.111. The molecule has 0 unspecified atom stereocenters. The number of furan rings is 1. The van der Waals surface area contributed by atoms with E-state index < -0.39 is 0 Å². The van der Waals surface area contributed by atoms with Gasteiger partial charge in [0.25, 0.3) is 5.91 Å². The third-order valence-corrected chi connectivity index (χ3v) is 7.59. The fourth-order valence-electron chi connectivity index (χ4n) is 4.19. The highest BCUT2D eigenvalue weighted by Crippen LogP contribution is 2.36. The lowest BCUT2D eigenvalue weighted by Crippen LogP contribution is -2.27. The van der Waals surface area contributed by atoms with Gasteiger partial charge in [-0.1, -0.05) is 68.4 Å². The predicted octanol–water partition coefficient (Wildman–Crippen LogP) is 7.49. The zero-order chi connectivity index (χ0) is 26.3. The van der Waals surface area contributed by atoms with Crippen LogP contribution in [0.15, 0.2) is 88.5 Å². The first kappa shape index (κ1) is 26.0.